The number of nitrogens with one attached hydrogen (secondary N) is 1. The molecule has 6 nitrogen and oxygen atoms in total. The van der Waals surface area contributed by atoms with Gasteiger partial charge in [-0.1, -0.05) is 6.07 Å². The van der Waals surface area contributed by atoms with Gasteiger partial charge in [0.25, 0.3) is 0 Å². The Balaban J connectivity index is 1.35. The lowest BCUT2D eigenvalue weighted by Crippen LogP contribution is -2.28. The van der Waals surface area contributed by atoms with Gasteiger partial charge in [0.15, 0.2) is 0 Å². The Hall–Kier alpha value is -2.54. The predicted octanol–water partition coefficient (Wildman–Crippen LogP) is 3.47. The molecule has 0 bridgehead atoms. The van der Waals surface area contributed by atoms with Crippen molar-refractivity contribution in [1.82, 2.24) is 20.3 Å². The maximum absolute atomic E-state index is 12.5. The van der Waals surface area contributed by atoms with Crippen LogP contribution >= 0.6 is 11.3 Å². The van der Waals surface area contributed by atoms with E-state index in [1.54, 1.807) is 17.5 Å². The Labute approximate surface area is 180 Å². The van der Waals surface area contributed by atoms with Crippen LogP contribution in [0.5, 0.6) is 0 Å². The molecule has 3 aromatic rings. The summed E-state index contributed by atoms with van der Waals surface area (Å²) in [6.07, 6.45) is 9.92. The molecule has 2 aliphatic rings. The summed E-state index contributed by atoms with van der Waals surface area (Å²) in [5.74, 6) is 1.61. The van der Waals surface area contributed by atoms with E-state index in [1.807, 2.05) is 18.2 Å². The second-order valence-corrected chi connectivity index (χ2v) is 9.38. The van der Waals surface area contributed by atoms with E-state index in [-0.39, 0.29) is 12.3 Å². The number of pyridine rings is 1. The highest BCUT2D eigenvalue weighted by atomic mass is 32.1. The Morgan fingerprint density at radius 3 is 2.90 bits per heavy atom. The third kappa shape index (κ3) is 4.03. The minimum Gasteiger partial charge on any atom is -0.356 e. The molecule has 1 N–H and O–H groups in total. The number of aromatic nitrogens is 3. The SMILES string of the molecule is CN(c1nc(CC(=O)NCCc2ccccn2)nc2sc3c(c12)CCCC3)C1CC1. The van der Waals surface area contributed by atoms with Gasteiger partial charge in [0.05, 0.1) is 11.8 Å². The van der Waals surface area contributed by atoms with Crippen LogP contribution in [0.15, 0.2) is 24.4 Å². The topological polar surface area (TPSA) is 71.0 Å². The molecular weight excluding hydrogens is 394 g/mol. The molecule has 7 heteroatoms. The number of rotatable bonds is 7. The van der Waals surface area contributed by atoms with Crippen molar-refractivity contribution >= 4 is 33.3 Å². The highest BCUT2D eigenvalue weighted by Gasteiger charge is 2.31. The Bertz CT molecular complexity index is 1060. The predicted molar refractivity (Wildman–Crippen MR) is 120 cm³/mol. The molecule has 0 unspecified atom stereocenters. The number of aryl methyl sites for hydroxylation is 2. The van der Waals surface area contributed by atoms with Crippen molar-refractivity contribution in [3.63, 3.8) is 0 Å². The van der Waals surface area contributed by atoms with Crippen LogP contribution in [0.4, 0.5) is 5.82 Å². The lowest BCUT2D eigenvalue weighted by molar-refractivity contribution is -0.120. The molecule has 30 heavy (non-hydrogen) atoms. The lowest BCUT2D eigenvalue weighted by atomic mass is 9.97. The molecule has 3 heterocycles. The molecule has 1 amide bonds. The molecule has 156 valence electrons. The average Bonchev–Trinajstić information content (AvgIpc) is 3.54. The van der Waals surface area contributed by atoms with Gasteiger partial charge in [-0.2, -0.15) is 0 Å². The highest BCUT2D eigenvalue weighted by Crippen LogP contribution is 2.41. The summed E-state index contributed by atoms with van der Waals surface area (Å²) in [6.45, 7) is 0.570. The summed E-state index contributed by atoms with van der Waals surface area (Å²) in [5, 5.41) is 4.23. The fraction of sp³-hybridized carbons (Fsp3) is 0.478. The van der Waals surface area contributed by atoms with Crippen LogP contribution in [-0.4, -0.2) is 40.5 Å². The number of carbonyl (C=O) groups is 1. The molecule has 0 radical (unpaired) electrons. The van der Waals surface area contributed by atoms with E-state index in [4.69, 9.17) is 9.97 Å². The van der Waals surface area contributed by atoms with Gasteiger partial charge >= 0.3 is 0 Å². The van der Waals surface area contributed by atoms with Gasteiger partial charge < -0.3 is 10.2 Å². The molecular formula is C23H27N5OS. The van der Waals surface area contributed by atoms with E-state index < -0.39 is 0 Å². The average molecular weight is 422 g/mol. The monoisotopic (exact) mass is 421 g/mol. The number of anilines is 1. The first-order valence-corrected chi connectivity index (χ1v) is 11.7. The maximum Gasteiger partial charge on any atom is 0.227 e. The molecule has 0 aliphatic heterocycles. The normalized spacial score (nSPS) is 15.8. The number of amides is 1. The quantitative estimate of drug-likeness (QED) is 0.633. The van der Waals surface area contributed by atoms with E-state index in [1.165, 1.54) is 41.5 Å². The number of carbonyl (C=O) groups excluding carboxylic acids is 1. The second-order valence-electron chi connectivity index (χ2n) is 8.29. The molecule has 5 rings (SSSR count). The Morgan fingerprint density at radius 1 is 1.23 bits per heavy atom. The van der Waals surface area contributed by atoms with Crippen molar-refractivity contribution < 1.29 is 4.79 Å². The first-order chi connectivity index (χ1) is 14.7. The van der Waals surface area contributed by atoms with E-state index in [9.17, 15) is 4.79 Å². The standard InChI is InChI=1S/C23H27N5OS/c1-28(16-9-10-16)22-21-17-7-2-3-8-18(17)30-23(21)27-19(26-22)14-20(29)25-13-11-15-6-4-5-12-24-15/h4-6,12,16H,2-3,7-11,13-14H2,1H3,(H,25,29). The third-order valence-electron chi connectivity index (χ3n) is 6.02. The Kier molecular flexibility index (Phi) is 5.37. The van der Waals surface area contributed by atoms with Gasteiger partial charge in [0.1, 0.15) is 16.5 Å². The number of hydrogen-bond acceptors (Lipinski definition) is 6. The van der Waals surface area contributed by atoms with Crippen molar-refractivity contribution in [3.8, 4) is 0 Å². The van der Waals surface area contributed by atoms with Gasteiger partial charge in [-0.15, -0.1) is 11.3 Å². The van der Waals surface area contributed by atoms with Crippen LogP contribution in [0.1, 0.15) is 47.6 Å². The minimum atomic E-state index is -0.0355. The highest BCUT2D eigenvalue weighted by molar-refractivity contribution is 7.19. The van der Waals surface area contributed by atoms with Gasteiger partial charge in [0.2, 0.25) is 5.91 Å². The second kappa shape index (κ2) is 8.30. The van der Waals surface area contributed by atoms with E-state index >= 15 is 0 Å². The summed E-state index contributed by atoms with van der Waals surface area (Å²) in [5.41, 5.74) is 2.43. The van der Waals surface area contributed by atoms with Crippen molar-refractivity contribution in [2.75, 3.05) is 18.5 Å². The van der Waals surface area contributed by atoms with Gasteiger partial charge in [0, 0.05) is 42.8 Å². The summed E-state index contributed by atoms with van der Waals surface area (Å²) in [7, 11) is 2.14. The van der Waals surface area contributed by atoms with Crippen LogP contribution in [0.25, 0.3) is 10.2 Å². The molecule has 0 spiro atoms. The fourth-order valence-corrected chi connectivity index (χ4v) is 5.51. The molecule has 0 atom stereocenters. The smallest absolute Gasteiger partial charge is 0.227 e. The number of fused-ring (bicyclic) bond motifs is 3. The minimum absolute atomic E-state index is 0.0355. The van der Waals surface area contributed by atoms with Gasteiger partial charge in [-0.05, 0) is 56.2 Å². The van der Waals surface area contributed by atoms with Crippen molar-refractivity contribution in [2.24, 2.45) is 0 Å². The fourth-order valence-electron chi connectivity index (χ4n) is 4.23. The van der Waals surface area contributed by atoms with Crippen LogP contribution in [0.2, 0.25) is 0 Å². The maximum atomic E-state index is 12.5. The Morgan fingerprint density at radius 2 is 2.10 bits per heavy atom. The number of hydrogen-bond donors (Lipinski definition) is 1. The van der Waals surface area contributed by atoms with Crippen LogP contribution in [-0.2, 0) is 30.5 Å². The summed E-state index contributed by atoms with van der Waals surface area (Å²) in [6, 6.07) is 6.41. The molecule has 2 aliphatic carbocycles. The molecule has 1 fully saturated rings. The molecule has 0 aromatic carbocycles. The van der Waals surface area contributed by atoms with Crippen LogP contribution < -0.4 is 10.2 Å². The first kappa shape index (κ1) is 19.4. The molecule has 0 saturated heterocycles. The van der Waals surface area contributed by atoms with Crippen molar-refractivity contribution in [2.45, 2.75) is 57.4 Å². The van der Waals surface area contributed by atoms with Crippen LogP contribution in [0, 0.1) is 0 Å². The van der Waals surface area contributed by atoms with E-state index in [0.29, 0.717) is 18.4 Å². The van der Waals surface area contributed by atoms with Gasteiger partial charge in [-0.25, -0.2) is 9.97 Å². The number of thiophene rings is 1. The van der Waals surface area contributed by atoms with Crippen molar-refractivity contribution in [1.29, 1.82) is 0 Å². The van der Waals surface area contributed by atoms with E-state index in [2.05, 4.69) is 22.2 Å². The summed E-state index contributed by atoms with van der Waals surface area (Å²) < 4.78 is 0. The molecule has 3 aromatic heterocycles. The number of nitrogens with zero attached hydrogens (tertiary/aromatic N) is 4. The summed E-state index contributed by atoms with van der Waals surface area (Å²) in [4.78, 5) is 31.4. The van der Waals surface area contributed by atoms with Crippen LogP contribution in [0.3, 0.4) is 0 Å². The zero-order valence-electron chi connectivity index (χ0n) is 17.4. The lowest BCUT2D eigenvalue weighted by Gasteiger charge is -2.20. The van der Waals surface area contributed by atoms with E-state index in [0.717, 1.165) is 35.6 Å². The van der Waals surface area contributed by atoms with Crippen molar-refractivity contribution in [3.05, 3.63) is 46.4 Å². The first-order valence-electron chi connectivity index (χ1n) is 10.9. The summed E-state index contributed by atoms with van der Waals surface area (Å²) >= 11 is 1.80. The zero-order valence-corrected chi connectivity index (χ0v) is 18.2. The molecule has 1 saturated carbocycles. The third-order valence-corrected chi connectivity index (χ3v) is 7.20. The largest absolute Gasteiger partial charge is 0.356 e. The van der Waals surface area contributed by atoms with Gasteiger partial charge in [-0.3, -0.25) is 9.78 Å². The zero-order chi connectivity index (χ0) is 20.5.